The molecule has 180 valence electrons. The third-order valence-corrected chi connectivity index (χ3v) is 9.21. The van der Waals surface area contributed by atoms with Gasteiger partial charge in [0, 0.05) is 17.5 Å². The van der Waals surface area contributed by atoms with Crippen molar-refractivity contribution in [3.05, 3.63) is 22.7 Å². The maximum absolute atomic E-state index is 13.8. The van der Waals surface area contributed by atoms with Gasteiger partial charge in [-0.25, -0.2) is 0 Å². The SMILES string of the molecule is CCc1cc2c(cc3n2C[C@@](C)(C(=O)NC2CCCCC2)N(CCCN2CCCC2)C3=O)s1. The maximum Gasteiger partial charge on any atom is 0.271 e. The van der Waals surface area contributed by atoms with Gasteiger partial charge in [-0.2, -0.15) is 0 Å². The molecule has 0 aromatic carbocycles. The van der Waals surface area contributed by atoms with Crippen LogP contribution in [0.1, 0.15) is 80.6 Å². The Morgan fingerprint density at radius 3 is 2.61 bits per heavy atom. The van der Waals surface area contributed by atoms with Gasteiger partial charge in [0.1, 0.15) is 11.2 Å². The summed E-state index contributed by atoms with van der Waals surface area (Å²) < 4.78 is 3.27. The van der Waals surface area contributed by atoms with Crippen LogP contribution in [-0.4, -0.2) is 63.9 Å². The number of carbonyl (C=O) groups is 2. The molecule has 6 nitrogen and oxygen atoms in total. The highest BCUT2D eigenvalue weighted by Crippen LogP contribution is 2.36. The zero-order chi connectivity index (χ0) is 23.0. The molecule has 3 aliphatic rings. The zero-order valence-corrected chi connectivity index (χ0v) is 21.0. The third kappa shape index (κ3) is 4.34. The highest BCUT2D eigenvalue weighted by molar-refractivity contribution is 7.19. The van der Waals surface area contributed by atoms with Crippen LogP contribution in [0.2, 0.25) is 0 Å². The van der Waals surface area contributed by atoms with Crippen molar-refractivity contribution in [2.75, 3.05) is 26.2 Å². The summed E-state index contributed by atoms with van der Waals surface area (Å²) in [7, 11) is 0. The summed E-state index contributed by atoms with van der Waals surface area (Å²) in [5.74, 6) is 0.0211. The normalized spacial score (nSPS) is 24.5. The van der Waals surface area contributed by atoms with Gasteiger partial charge in [0.25, 0.3) is 5.91 Å². The molecule has 2 amide bonds. The number of thiophene rings is 1. The number of fused-ring (bicyclic) bond motifs is 3. The highest BCUT2D eigenvalue weighted by atomic mass is 32.1. The minimum Gasteiger partial charge on any atom is -0.351 e. The summed E-state index contributed by atoms with van der Waals surface area (Å²) in [6, 6.07) is 4.50. The molecular formula is C26H38N4O2S. The van der Waals surface area contributed by atoms with Gasteiger partial charge in [-0.05, 0) is 77.2 Å². The number of hydrogen-bond acceptors (Lipinski definition) is 4. The highest BCUT2D eigenvalue weighted by Gasteiger charge is 2.48. The first-order valence-electron chi connectivity index (χ1n) is 13.0. The fourth-order valence-electron chi connectivity index (χ4n) is 5.96. The van der Waals surface area contributed by atoms with E-state index in [0.717, 1.165) is 61.2 Å². The van der Waals surface area contributed by atoms with Crippen LogP contribution in [0.15, 0.2) is 12.1 Å². The molecule has 0 radical (unpaired) electrons. The van der Waals surface area contributed by atoms with Crippen LogP contribution in [0.5, 0.6) is 0 Å². The molecule has 1 saturated carbocycles. The lowest BCUT2D eigenvalue weighted by molar-refractivity contribution is -0.133. The molecule has 1 N–H and O–H groups in total. The van der Waals surface area contributed by atoms with E-state index in [9.17, 15) is 9.59 Å². The van der Waals surface area contributed by atoms with Crippen LogP contribution < -0.4 is 5.32 Å². The lowest BCUT2D eigenvalue weighted by Gasteiger charge is -2.45. The lowest BCUT2D eigenvalue weighted by Crippen LogP contribution is -2.65. The monoisotopic (exact) mass is 470 g/mol. The first kappa shape index (κ1) is 22.9. The van der Waals surface area contributed by atoms with E-state index >= 15 is 0 Å². The second kappa shape index (κ2) is 9.41. The second-order valence-electron chi connectivity index (χ2n) is 10.4. The molecule has 2 aromatic rings. The molecule has 33 heavy (non-hydrogen) atoms. The Bertz CT molecular complexity index is 1020. The van der Waals surface area contributed by atoms with Crippen LogP contribution in [0.25, 0.3) is 10.2 Å². The number of hydrogen-bond donors (Lipinski definition) is 1. The van der Waals surface area contributed by atoms with Crippen molar-refractivity contribution in [1.29, 1.82) is 0 Å². The Morgan fingerprint density at radius 2 is 1.88 bits per heavy atom. The molecule has 2 aromatic heterocycles. The predicted molar refractivity (Wildman–Crippen MR) is 134 cm³/mol. The Hall–Kier alpha value is -1.86. The standard InChI is InChI=1S/C26H38N4O2S/c1-3-20-16-21-23(33-20)17-22-24(31)30(15-9-14-28-12-7-8-13-28)26(2,18-29(21)22)25(32)27-19-10-5-4-6-11-19/h16-17,19H,3-15,18H2,1-2H3,(H,27,32)/t26-/m0/s1. The molecule has 0 unspecified atom stereocenters. The van der Waals surface area contributed by atoms with Crippen molar-refractivity contribution in [3.8, 4) is 0 Å². The molecule has 7 heteroatoms. The summed E-state index contributed by atoms with van der Waals surface area (Å²) in [6.45, 7) is 8.62. The number of nitrogens with zero attached hydrogens (tertiary/aromatic N) is 3. The van der Waals surface area contributed by atoms with Crippen molar-refractivity contribution in [2.45, 2.75) is 89.8 Å². The van der Waals surface area contributed by atoms with Gasteiger partial charge in [0.2, 0.25) is 5.91 Å². The number of likely N-dealkylation sites (tertiary alicyclic amines) is 1. The molecule has 1 atom stereocenters. The number of rotatable bonds is 7. The Kier molecular flexibility index (Phi) is 6.54. The van der Waals surface area contributed by atoms with Crippen molar-refractivity contribution in [1.82, 2.24) is 19.7 Å². The molecule has 1 saturated heterocycles. The third-order valence-electron chi connectivity index (χ3n) is 8.00. The molecular weight excluding hydrogens is 432 g/mol. The van der Waals surface area contributed by atoms with Crippen LogP contribution in [0.3, 0.4) is 0 Å². The van der Waals surface area contributed by atoms with Gasteiger partial charge in [-0.3, -0.25) is 9.59 Å². The van der Waals surface area contributed by atoms with Gasteiger partial charge in [0.15, 0.2) is 0 Å². The number of aryl methyl sites for hydroxylation is 1. The smallest absolute Gasteiger partial charge is 0.271 e. The van der Waals surface area contributed by atoms with Crippen molar-refractivity contribution in [2.24, 2.45) is 0 Å². The van der Waals surface area contributed by atoms with Gasteiger partial charge in [0.05, 0.1) is 16.8 Å². The van der Waals surface area contributed by atoms with E-state index in [0.29, 0.717) is 13.1 Å². The Labute approximate surface area is 201 Å². The number of amides is 2. The quantitative estimate of drug-likeness (QED) is 0.652. The summed E-state index contributed by atoms with van der Waals surface area (Å²) in [4.78, 5) is 33.3. The van der Waals surface area contributed by atoms with Crippen molar-refractivity contribution in [3.63, 3.8) is 0 Å². The first-order chi connectivity index (χ1) is 16.0. The molecule has 5 rings (SSSR count). The molecule has 4 heterocycles. The fourth-order valence-corrected chi connectivity index (χ4v) is 7.00. The van der Waals surface area contributed by atoms with Gasteiger partial charge in [-0.15, -0.1) is 11.3 Å². The van der Waals surface area contributed by atoms with E-state index in [1.54, 1.807) is 11.3 Å². The minimum absolute atomic E-state index is 0.00501. The lowest BCUT2D eigenvalue weighted by atomic mass is 9.91. The summed E-state index contributed by atoms with van der Waals surface area (Å²) in [5.41, 5.74) is 0.976. The van der Waals surface area contributed by atoms with Crippen LogP contribution >= 0.6 is 11.3 Å². The molecule has 0 spiro atoms. The molecule has 2 fully saturated rings. The van der Waals surface area contributed by atoms with E-state index in [2.05, 4.69) is 27.8 Å². The van der Waals surface area contributed by atoms with Gasteiger partial charge in [-0.1, -0.05) is 26.2 Å². The van der Waals surface area contributed by atoms with Gasteiger partial charge >= 0.3 is 0 Å². The Morgan fingerprint density at radius 1 is 1.12 bits per heavy atom. The average molecular weight is 471 g/mol. The van der Waals surface area contributed by atoms with E-state index in [4.69, 9.17) is 0 Å². The molecule has 2 aliphatic heterocycles. The Balaban J connectivity index is 1.42. The van der Waals surface area contributed by atoms with E-state index in [1.807, 2.05) is 17.9 Å². The van der Waals surface area contributed by atoms with Crippen LogP contribution in [-0.2, 0) is 17.8 Å². The molecule has 0 bridgehead atoms. The summed E-state index contributed by atoms with van der Waals surface area (Å²) >= 11 is 1.77. The number of nitrogens with one attached hydrogen (secondary N) is 1. The summed E-state index contributed by atoms with van der Waals surface area (Å²) in [5, 5.41) is 3.34. The van der Waals surface area contributed by atoms with E-state index in [1.165, 1.54) is 37.0 Å². The maximum atomic E-state index is 13.8. The van der Waals surface area contributed by atoms with Gasteiger partial charge < -0.3 is 19.7 Å². The topological polar surface area (TPSA) is 57.6 Å². The minimum atomic E-state index is -0.868. The predicted octanol–water partition coefficient (Wildman–Crippen LogP) is 4.41. The van der Waals surface area contributed by atoms with Crippen LogP contribution in [0.4, 0.5) is 0 Å². The van der Waals surface area contributed by atoms with E-state index < -0.39 is 5.54 Å². The largest absolute Gasteiger partial charge is 0.351 e. The first-order valence-corrected chi connectivity index (χ1v) is 13.8. The summed E-state index contributed by atoms with van der Waals surface area (Å²) in [6.07, 6.45) is 10.2. The number of carbonyl (C=O) groups excluding carboxylic acids is 2. The van der Waals surface area contributed by atoms with Crippen LogP contribution in [0, 0.1) is 0 Å². The van der Waals surface area contributed by atoms with E-state index in [-0.39, 0.29) is 17.9 Å². The van der Waals surface area contributed by atoms with Crippen molar-refractivity contribution < 1.29 is 9.59 Å². The fraction of sp³-hybridized carbons (Fsp3) is 0.692. The number of aromatic nitrogens is 1. The average Bonchev–Trinajstić information content (AvgIpc) is 3.54. The molecule has 1 aliphatic carbocycles. The van der Waals surface area contributed by atoms with Crippen molar-refractivity contribution >= 4 is 33.4 Å². The second-order valence-corrected chi connectivity index (χ2v) is 11.5. The zero-order valence-electron chi connectivity index (χ0n) is 20.2.